The summed E-state index contributed by atoms with van der Waals surface area (Å²) in [6.45, 7) is 8.20. The van der Waals surface area contributed by atoms with Crippen LogP contribution in [0.25, 0.3) is 0 Å². The maximum absolute atomic E-state index is 12.3. The van der Waals surface area contributed by atoms with Gasteiger partial charge in [-0.1, -0.05) is 5.16 Å². The summed E-state index contributed by atoms with van der Waals surface area (Å²) >= 11 is 1.37. The van der Waals surface area contributed by atoms with Crippen molar-refractivity contribution in [1.29, 1.82) is 0 Å². The van der Waals surface area contributed by atoms with Crippen molar-refractivity contribution in [2.75, 3.05) is 12.4 Å². The van der Waals surface area contributed by atoms with Gasteiger partial charge in [0, 0.05) is 22.6 Å². The van der Waals surface area contributed by atoms with E-state index in [-0.39, 0.29) is 23.9 Å². The minimum Gasteiger partial charge on any atom is -0.457 e. The van der Waals surface area contributed by atoms with Gasteiger partial charge in [-0.05, 0) is 40.2 Å². The molecule has 7 nitrogen and oxygen atoms in total. The normalized spacial score (nSPS) is 10.8. The van der Waals surface area contributed by atoms with E-state index in [1.165, 1.54) is 18.7 Å². The molecule has 0 spiro atoms. The quantitative estimate of drug-likeness (QED) is 0.556. The third kappa shape index (κ3) is 4.43. The van der Waals surface area contributed by atoms with Gasteiger partial charge in [0.2, 0.25) is 5.78 Å². The Balaban J connectivity index is 1.85. The molecule has 2 aromatic heterocycles. The van der Waals surface area contributed by atoms with Crippen molar-refractivity contribution >= 4 is 29.3 Å². The van der Waals surface area contributed by atoms with Crippen LogP contribution in [0, 0.1) is 27.7 Å². The van der Waals surface area contributed by atoms with Crippen LogP contribution in [0.15, 0.2) is 4.52 Å². The monoisotopic (exact) mass is 378 g/mol. The Bertz CT molecular complexity index is 831. The molecule has 0 saturated carbocycles. The van der Waals surface area contributed by atoms with Crippen LogP contribution in [-0.2, 0) is 15.3 Å². The van der Waals surface area contributed by atoms with Gasteiger partial charge in [0.05, 0.1) is 17.1 Å². The van der Waals surface area contributed by atoms with Crippen LogP contribution in [-0.4, -0.2) is 40.0 Å². The summed E-state index contributed by atoms with van der Waals surface area (Å²) in [7, 11) is 0. The maximum Gasteiger partial charge on any atom is 0.316 e. The lowest BCUT2D eigenvalue weighted by molar-refractivity contribution is -0.139. The van der Waals surface area contributed by atoms with Gasteiger partial charge in [0.25, 0.3) is 0 Å². The van der Waals surface area contributed by atoms with Crippen molar-refractivity contribution in [2.45, 2.75) is 40.4 Å². The molecule has 0 saturated heterocycles. The highest BCUT2D eigenvalue weighted by molar-refractivity contribution is 7.99. The van der Waals surface area contributed by atoms with E-state index in [9.17, 15) is 14.4 Å². The first-order valence-electron chi connectivity index (χ1n) is 8.10. The summed E-state index contributed by atoms with van der Waals surface area (Å²) < 4.78 is 10.1. The second-order valence-electron chi connectivity index (χ2n) is 6.06. The molecule has 1 N–H and O–H groups in total. The molecule has 0 aliphatic carbocycles. The van der Waals surface area contributed by atoms with Crippen molar-refractivity contribution < 1.29 is 23.6 Å². The fraction of sp³-hybridized carbons (Fsp3) is 0.444. The first kappa shape index (κ1) is 20.0. The third-order valence-electron chi connectivity index (χ3n) is 4.08. The smallest absolute Gasteiger partial charge is 0.316 e. The number of hydrogen-bond donors (Lipinski definition) is 1. The second kappa shape index (κ2) is 8.35. The maximum atomic E-state index is 12.3. The summed E-state index contributed by atoms with van der Waals surface area (Å²) in [6, 6.07) is 0. The number of esters is 1. The SMILES string of the molecule is CC(=O)c1c(C)[nH]c(C(=O)COC(=O)CSCc2c(C)noc2C)c1C. The minimum atomic E-state index is -0.470. The number of thioether (sulfide) groups is 1. The van der Waals surface area contributed by atoms with Gasteiger partial charge >= 0.3 is 5.97 Å². The van der Waals surface area contributed by atoms with Gasteiger partial charge in [-0.2, -0.15) is 0 Å². The number of Topliss-reactive ketones (excluding diaryl/α,β-unsaturated/α-hetero) is 2. The van der Waals surface area contributed by atoms with Crippen molar-refractivity contribution in [2.24, 2.45) is 0 Å². The van der Waals surface area contributed by atoms with Crippen molar-refractivity contribution in [3.05, 3.63) is 39.5 Å². The predicted molar refractivity (Wildman–Crippen MR) is 97.7 cm³/mol. The van der Waals surface area contributed by atoms with Crippen LogP contribution >= 0.6 is 11.8 Å². The highest BCUT2D eigenvalue weighted by Crippen LogP contribution is 2.20. The first-order valence-corrected chi connectivity index (χ1v) is 9.26. The predicted octanol–water partition coefficient (Wildman–Crippen LogP) is 3.10. The second-order valence-corrected chi connectivity index (χ2v) is 7.05. The lowest BCUT2D eigenvalue weighted by Gasteiger charge is -2.04. The lowest BCUT2D eigenvalue weighted by atomic mass is 10.1. The van der Waals surface area contributed by atoms with Gasteiger partial charge in [0.1, 0.15) is 5.76 Å². The molecule has 8 heteroatoms. The average molecular weight is 378 g/mol. The number of aromatic nitrogens is 2. The summed E-state index contributed by atoms with van der Waals surface area (Å²) in [6.07, 6.45) is 0. The Kier molecular flexibility index (Phi) is 6.42. The molecule has 0 aliphatic rings. The summed E-state index contributed by atoms with van der Waals surface area (Å²) in [5.74, 6) is 0.505. The molecular weight excluding hydrogens is 356 g/mol. The largest absolute Gasteiger partial charge is 0.457 e. The van der Waals surface area contributed by atoms with E-state index in [1.807, 2.05) is 13.8 Å². The summed E-state index contributed by atoms with van der Waals surface area (Å²) in [4.78, 5) is 38.6. The van der Waals surface area contributed by atoms with Crippen LogP contribution in [0.2, 0.25) is 0 Å². The molecule has 0 aliphatic heterocycles. The van der Waals surface area contributed by atoms with Crippen molar-refractivity contribution in [3.8, 4) is 0 Å². The van der Waals surface area contributed by atoms with E-state index >= 15 is 0 Å². The van der Waals surface area contributed by atoms with Gasteiger partial charge < -0.3 is 14.2 Å². The Morgan fingerprint density at radius 3 is 2.42 bits per heavy atom. The average Bonchev–Trinajstić information content (AvgIpc) is 3.05. The lowest BCUT2D eigenvalue weighted by Crippen LogP contribution is -2.16. The fourth-order valence-electron chi connectivity index (χ4n) is 2.76. The molecule has 0 fully saturated rings. The molecule has 0 aromatic carbocycles. The molecule has 0 unspecified atom stereocenters. The number of nitrogens with one attached hydrogen (secondary N) is 1. The topological polar surface area (TPSA) is 102 Å². The number of carbonyl (C=O) groups is 3. The highest BCUT2D eigenvalue weighted by atomic mass is 32.2. The van der Waals surface area contributed by atoms with Gasteiger partial charge in [-0.3, -0.25) is 14.4 Å². The number of ketones is 2. The molecule has 0 radical (unpaired) electrons. The number of aryl methyl sites for hydroxylation is 3. The van der Waals surface area contributed by atoms with E-state index in [4.69, 9.17) is 9.26 Å². The number of carbonyl (C=O) groups excluding carboxylic acids is 3. The Labute approximate surface area is 155 Å². The first-order chi connectivity index (χ1) is 12.2. The van der Waals surface area contributed by atoms with E-state index in [1.54, 1.807) is 13.8 Å². The zero-order chi connectivity index (χ0) is 19.4. The zero-order valence-electron chi connectivity index (χ0n) is 15.5. The highest BCUT2D eigenvalue weighted by Gasteiger charge is 2.20. The van der Waals surface area contributed by atoms with E-state index in [0.717, 1.165) is 17.0 Å². The number of H-pyrrole nitrogens is 1. The van der Waals surface area contributed by atoms with Gasteiger partial charge in [0.15, 0.2) is 12.4 Å². The summed E-state index contributed by atoms with van der Waals surface area (Å²) in [5, 5.41) is 3.86. The molecule has 2 heterocycles. The van der Waals surface area contributed by atoms with Crippen LogP contribution in [0.4, 0.5) is 0 Å². The molecule has 0 atom stereocenters. The molecule has 2 rings (SSSR count). The molecular formula is C18H22N2O5S. The third-order valence-corrected chi connectivity index (χ3v) is 5.01. The molecule has 2 aromatic rings. The zero-order valence-corrected chi connectivity index (χ0v) is 16.3. The number of ether oxygens (including phenoxy) is 1. The Morgan fingerprint density at radius 2 is 1.88 bits per heavy atom. The fourth-order valence-corrected chi connectivity index (χ4v) is 3.73. The van der Waals surface area contributed by atoms with Gasteiger partial charge in [-0.25, -0.2) is 0 Å². The molecule has 26 heavy (non-hydrogen) atoms. The van der Waals surface area contributed by atoms with Crippen LogP contribution in [0.3, 0.4) is 0 Å². The van der Waals surface area contributed by atoms with Crippen molar-refractivity contribution in [3.63, 3.8) is 0 Å². The molecule has 0 amide bonds. The Hall–Kier alpha value is -2.35. The molecule has 140 valence electrons. The Morgan fingerprint density at radius 1 is 1.19 bits per heavy atom. The van der Waals surface area contributed by atoms with E-state index in [0.29, 0.717) is 28.3 Å². The number of aromatic amines is 1. The van der Waals surface area contributed by atoms with Crippen LogP contribution in [0.1, 0.15) is 56.0 Å². The van der Waals surface area contributed by atoms with E-state index < -0.39 is 5.97 Å². The standard InChI is InChI=1S/C18H22N2O5S/c1-9-17(12(4)21)11(3)19-18(9)15(22)6-24-16(23)8-26-7-14-10(2)20-25-13(14)5/h19H,6-8H2,1-5H3. The minimum absolute atomic E-state index is 0.108. The van der Waals surface area contributed by atoms with Crippen molar-refractivity contribution in [1.82, 2.24) is 10.1 Å². The number of nitrogens with zero attached hydrogens (tertiary/aromatic N) is 1. The van der Waals surface area contributed by atoms with Gasteiger partial charge in [-0.15, -0.1) is 11.8 Å². The van der Waals surface area contributed by atoms with E-state index in [2.05, 4.69) is 10.1 Å². The molecule has 0 bridgehead atoms. The number of rotatable bonds is 8. The van der Waals surface area contributed by atoms with Crippen LogP contribution in [0.5, 0.6) is 0 Å². The summed E-state index contributed by atoms with van der Waals surface area (Å²) in [5.41, 5.74) is 3.81. The van der Waals surface area contributed by atoms with Crippen LogP contribution < -0.4 is 0 Å². The number of hydrogen-bond acceptors (Lipinski definition) is 7.